The van der Waals surface area contributed by atoms with Crippen molar-refractivity contribution < 1.29 is 13.2 Å². The quantitative estimate of drug-likeness (QED) is 0.747. The van der Waals surface area contributed by atoms with Gasteiger partial charge in [0, 0.05) is 51.5 Å². The minimum atomic E-state index is -4.15. The fourth-order valence-electron chi connectivity index (χ4n) is 4.78. The zero-order valence-electron chi connectivity index (χ0n) is 18.9. The number of alkyl halides is 3. The number of aromatic nitrogens is 3. The first-order valence-electron chi connectivity index (χ1n) is 11.7. The lowest BCUT2D eigenvalue weighted by Crippen LogP contribution is -2.51. The van der Waals surface area contributed by atoms with E-state index in [2.05, 4.69) is 26.7 Å². The van der Waals surface area contributed by atoms with Crippen LogP contribution in [-0.2, 0) is 6.42 Å². The zero-order chi connectivity index (χ0) is 22.7. The minimum absolute atomic E-state index is 0.363. The zero-order valence-corrected chi connectivity index (χ0v) is 18.9. The van der Waals surface area contributed by atoms with E-state index in [0.29, 0.717) is 19.1 Å². The predicted octanol–water partition coefficient (Wildman–Crippen LogP) is 3.96. The molecule has 1 N–H and O–H groups in total. The number of rotatable bonds is 5. The van der Waals surface area contributed by atoms with Crippen LogP contribution < -0.4 is 4.90 Å². The van der Waals surface area contributed by atoms with Crippen molar-refractivity contribution >= 4 is 5.82 Å². The van der Waals surface area contributed by atoms with E-state index in [1.807, 2.05) is 24.4 Å². The van der Waals surface area contributed by atoms with Gasteiger partial charge in [0.05, 0.1) is 5.69 Å². The van der Waals surface area contributed by atoms with E-state index in [9.17, 15) is 13.2 Å². The molecule has 2 fully saturated rings. The summed E-state index contributed by atoms with van der Waals surface area (Å²) in [6.07, 6.45) is 1.27. The molecule has 2 aliphatic heterocycles. The highest BCUT2D eigenvalue weighted by Gasteiger charge is 2.41. The summed E-state index contributed by atoms with van der Waals surface area (Å²) in [6.45, 7) is 8.06. The molecule has 0 spiro atoms. The van der Waals surface area contributed by atoms with Crippen LogP contribution in [-0.4, -0.2) is 82.3 Å². The van der Waals surface area contributed by atoms with Crippen molar-refractivity contribution in [2.75, 3.05) is 44.2 Å². The summed E-state index contributed by atoms with van der Waals surface area (Å²) in [5.74, 6) is 1.74. The maximum absolute atomic E-state index is 13.0. The molecule has 2 aromatic rings. The molecule has 2 saturated heterocycles. The van der Waals surface area contributed by atoms with Crippen molar-refractivity contribution in [3.63, 3.8) is 0 Å². The van der Waals surface area contributed by atoms with Crippen LogP contribution in [0.2, 0.25) is 0 Å². The van der Waals surface area contributed by atoms with Gasteiger partial charge in [-0.1, -0.05) is 13.0 Å². The van der Waals surface area contributed by atoms with E-state index < -0.39 is 12.2 Å². The van der Waals surface area contributed by atoms with Crippen molar-refractivity contribution in [3.8, 4) is 11.5 Å². The first kappa shape index (κ1) is 23.0. The van der Waals surface area contributed by atoms with Crippen LogP contribution in [0.5, 0.6) is 0 Å². The number of aromatic amines is 1. The molecule has 4 rings (SSSR count). The lowest BCUT2D eigenvalue weighted by Gasteiger charge is -2.40. The fourth-order valence-corrected chi connectivity index (χ4v) is 4.78. The Labute approximate surface area is 187 Å². The molecule has 0 aromatic carbocycles. The van der Waals surface area contributed by atoms with Crippen molar-refractivity contribution in [1.29, 1.82) is 0 Å². The Kier molecular flexibility index (Phi) is 7.05. The van der Waals surface area contributed by atoms with Gasteiger partial charge in [0.25, 0.3) is 0 Å². The van der Waals surface area contributed by atoms with E-state index in [4.69, 9.17) is 4.98 Å². The van der Waals surface area contributed by atoms with E-state index in [1.165, 1.54) is 6.92 Å². The van der Waals surface area contributed by atoms with E-state index in [1.54, 1.807) is 4.90 Å². The van der Waals surface area contributed by atoms with Crippen LogP contribution >= 0.6 is 0 Å². The number of aryl methyl sites for hydroxylation is 1. The molecule has 0 amide bonds. The smallest absolute Gasteiger partial charge is 0.355 e. The minimum Gasteiger partial charge on any atom is -0.355 e. The monoisotopic (exact) mass is 450 g/mol. The number of imidazole rings is 1. The fraction of sp³-hybridized carbons (Fsp3) is 0.652. The molecule has 2 aromatic heterocycles. The number of halogens is 3. The van der Waals surface area contributed by atoms with Crippen molar-refractivity contribution in [2.45, 2.75) is 57.8 Å². The Balaban J connectivity index is 1.34. The van der Waals surface area contributed by atoms with Gasteiger partial charge < -0.3 is 9.88 Å². The summed E-state index contributed by atoms with van der Waals surface area (Å²) in [7, 11) is 0. The number of anilines is 1. The Morgan fingerprint density at radius 3 is 2.53 bits per heavy atom. The Morgan fingerprint density at radius 1 is 1.06 bits per heavy atom. The normalized spacial score (nSPS) is 21.0. The third kappa shape index (κ3) is 5.26. The third-order valence-corrected chi connectivity index (χ3v) is 6.86. The molecule has 0 unspecified atom stereocenters. The Hall–Kier alpha value is -2.13. The Morgan fingerprint density at radius 2 is 1.84 bits per heavy atom. The van der Waals surface area contributed by atoms with Gasteiger partial charge in [-0.25, -0.2) is 9.97 Å². The van der Waals surface area contributed by atoms with Crippen LogP contribution in [0.3, 0.4) is 0 Å². The van der Waals surface area contributed by atoms with Gasteiger partial charge in [-0.05, 0) is 44.7 Å². The molecular formula is C23H33F3N6. The second-order valence-electron chi connectivity index (χ2n) is 8.84. The summed E-state index contributed by atoms with van der Waals surface area (Å²) in [5.41, 5.74) is 1.86. The van der Waals surface area contributed by atoms with Crippen LogP contribution in [0.1, 0.15) is 38.8 Å². The number of nitrogens with one attached hydrogen (secondary N) is 1. The second kappa shape index (κ2) is 9.79. The van der Waals surface area contributed by atoms with Crippen LogP contribution in [0, 0.1) is 0 Å². The number of hydrogen-bond acceptors (Lipinski definition) is 5. The molecule has 1 atom stereocenters. The molecule has 0 bridgehead atoms. The van der Waals surface area contributed by atoms with Crippen LogP contribution in [0.25, 0.3) is 11.5 Å². The molecule has 0 radical (unpaired) electrons. The number of piperidine rings is 1. The molecule has 6 nitrogen and oxygen atoms in total. The summed E-state index contributed by atoms with van der Waals surface area (Å²) in [4.78, 5) is 19.0. The van der Waals surface area contributed by atoms with E-state index in [-0.39, 0.29) is 0 Å². The lowest BCUT2D eigenvalue weighted by atomic mass is 10.0. The van der Waals surface area contributed by atoms with Gasteiger partial charge in [-0.15, -0.1) is 0 Å². The number of hydrogen-bond donors (Lipinski definition) is 1. The highest BCUT2D eigenvalue weighted by atomic mass is 19.4. The molecule has 32 heavy (non-hydrogen) atoms. The van der Waals surface area contributed by atoms with E-state index in [0.717, 1.165) is 74.9 Å². The van der Waals surface area contributed by atoms with Gasteiger partial charge in [0.2, 0.25) is 0 Å². The predicted molar refractivity (Wildman–Crippen MR) is 120 cm³/mol. The average molecular weight is 451 g/mol. The first-order valence-corrected chi connectivity index (χ1v) is 11.7. The maximum atomic E-state index is 13.0. The van der Waals surface area contributed by atoms with Crippen LogP contribution in [0.15, 0.2) is 24.4 Å². The van der Waals surface area contributed by atoms with Crippen molar-refractivity contribution in [2.24, 2.45) is 0 Å². The van der Waals surface area contributed by atoms with Gasteiger partial charge >= 0.3 is 6.18 Å². The molecular weight excluding hydrogens is 417 g/mol. The van der Waals surface area contributed by atoms with Gasteiger partial charge in [-0.2, -0.15) is 13.2 Å². The largest absolute Gasteiger partial charge is 0.403 e. The standard InChI is InChI=1S/C23H33F3N6/c1-3-18-16-27-22(28-18)20-6-4-7-21(29-20)32-11-5-10-31(14-15-32)19-8-12-30(13-9-19)17(2)23(24,25)26/h4,6-7,16-17,19H,3,5,8-15H2,1-2H3,(H,27,28)/t17-/m0/s1. The molecule has 0 saturated carbocycles. The van der Waals surface area contributed by atoms with E-state index >= 15 is 0 Å². The topological polar surface area (TPSA) is 51.3 Å². The van der Waals surface area contributed by atoms with Gasteiger partial charge in [0.15, 0.2) is 5.82 Å². The number of likely N-dealkylation sites (tertiary alicyclic amines) is 1. The molecule has 176 valence electrons. The lowest BCUT2D eigenvalue weighted by molar-refractivity contribution is -0.182. The van der Waals surface area contributed by atoms with Crippen LogP contribution in [0.4, 0.5) is 19.0 Å². The third-order valence-electron chi connectivity index (χ3n) is 6.86. The number of pyridine rings is 1. The molecule has 4 heterocycles. The summed E-state index contributed by atoms with van der Waals surface area (Å²) in [5, 5.41) is 0. The highest BCUT2D eigenvalue weighted by Crippen LogP contribution is 2.28. The molecule has 9 heteroatoms. The average Bonchev–Trinajstić information content (AvgIpc) is 3.15. The summed E-state index contributed by atoms with van der Waals surface area (Å²) in [6, 6.07) is 5.04. The van der Waals surface area contributed by atoms with Crippen molar-refractivity contribution in [1.82, 2.24) is 24.8 Å². The first-order chi connectivity index (χ1) is 15.3. The van der Waals surface area contributed by atoms with Gasteiger partial charge in [-0.3, -0.25) is 9.80 Å². The maximum Gasteiger partial charge on any atom is 0.403 e. The number of nitrogens with zero attached hydrogens (tertiary/aromatic N) is 5. The molecule has 0 aliphatic carbocycles. The Bertz CT molecular complexity index is 875. The molecule has 2 aliphatic rings. The van der Waals surface area contributed by atoms with Gasteiger partial charge in [0.1, 0.15) is 17.6 Å². The number of H-pyrrole nitrogens is 1. The highest BCUT2D eigenvalue weighted by molar-refractivity contribution is 5.54. The SMILES string of the molecule is CCc1c[nH]c(-c2cccc(N3CCCN(C4CCN([C@@H](C)C(F)(F)F)CC4)CC3)n2)n1. The van der Waals surface area contributed by atoms with Crippen molar-refractivity contribution in [3.05, 3.63) is 30.1 Å². The summed E-state index contributed by atoms with van der Waals surface area (Å²) < 4.78 is 39.1. The summed E-state index contributed by atoms with van der Waals surface area (Å²) >= 11 is 0. The second-order valence-corrected chi connectivity index (χ2v) is 8.84.